The summed E-state index contributed by atoms with van der Waals surface area (Å²) in [6, 6.07) is 29.8. The van der Waals surface area contributed by atoms with Crippen LogP contribution in [0, 0.1) is 0 Å². The largest absolute Gasteiger partial charge is 0.331 e. The molecule has 0 fully saturated rings. The van der Waals surface area contributed by atoms with E-state index in [1.54, 1.807) is 11.0 Å². The smallest absolute Gasteiger partial charge is 0.293 e. The van der Waals surface area contributed by atoms with Gasteiger partial charge in [0.05, 0.1) is 5.69 Å². The van der Waals surface area contributed by atoms with Crippen LogP contribution >= 0.6 is 0 Å². The Kier molecular flexibility index (Phi) is 5.76. The molecule has 1 aromatic heterocycles. The third-order valence-corrected chi connectivity index (χ3v) is 4.72. The van der Waals surface area contributed by atoms with Gasteiger partial charge in [-0.05, 0) is 29.7 Å². The highest BCUT2D eigenvalue weighted by Crippen LogP contribution is 2.11. The Morgan fingerprint density at radius 1 is 0.793 bits per heavy atom. The van der Waals surface area contributed by atoms with E-state index in [1.807, 2.05) is 83.8 Å². The summed E-state index contributed by atoms with van der Waals surface area (Å²) >= 11 is 0. The van der Waals surface area contributed by atoms with E-state index < -0.39 is 0 Å². The van der Waals surface area contributed by atoms with Crippen LogP contribution in [0.1, 0.15) is 21.7 Å². The molecule has 144 valence electrons. The zero-order valence-corrected chi connectivity index (χ0v) is 16.1. The predicted molar refractivity (Wildman–Crippen MR) is 113 cm³/mol. The van der Waals surface area contributed by atoms with Crippen LogP contribution in [-0.4, -0.2) is 32.1 Å². The lowest BCUT2D eigenvalue weighted by molar-refractivity contribution is 0.0733. The molecule has 29 heavy (non-hydrogen) atoms. The first kappa shape index (κ1) is 18.6. The molecule has 0 aliphatic heterocycles. The number of carbonyl (C=O) groups excluding carboxylic acids is 1. The van der Waals surface area contributed by atoms with Gasteiger partial charge in [-0.2, -0.15) is 0 Å². The average molecular weight is 382 g/mol. The SMILES string of the molecule is O=C(c1ncn(-c2ccccc2)n1)N(CCc1ccccc1)Cc1ccccc1. The number of hydrogen-bond donors (Lipinski definition) is 0. The molecule has 4 aromatic rings. The highest BCUT2D eigenvalue weighted by molar-refractivity contribution is 5.90. The molecule has 5 heteroatoms. The maximum Gasteiger partial charge on any atom is 0.293 e. The summed E-state index contributed by atoms with van der Waals surface area (Å²) in [5.41, 5.74) is 3.15. The fraction of sp³-hybridized carbons (Fsp3) is 0.125. The number of aromatic nitrogens is 3. The van der Waals surface area contributed by atoms with E-state index in [4.69, 9.17) is 0 Å². The fourth-order valence-electron chi connectivity index (χ4n) is 3.17. The standard InChI is InChI=1S/C24H22N4O/c29-24(23-25-19-28(26-23)22-14-8-3-9-15-22)27(18-21-12-6-2-7-13-21)17-16-20-10-4-1-5-11-20/h1-15,19H,16-18H2. The van der Waals surface area contributed by atoms with Crippen molar-refractivity contribution >= 4 is 5.91 Å². The second kappa shape index (κ2) is 8.97. The van der Waals surface area contributed by atoms with Gasteiger partial charge < -0.3 is 4.90 Å². The van der Waals surface area contributed by atoms with Crippen LogP contribution in [-0.2, 0) is 13.0 Å². The maximum atomic E-state index is 13.2. The zero-order valence-electron chi connectivity index (χ0n) is 16.1. The summed E-state index contributed by atoms with van der Waals surface area (Å²) in [5.74, 6) is 0.0392. The molecule has 0 saturated heterocycles. The van der Waals surface area contributed by atoms with Crippen LogP contribution < -0.4 is 0 Å². The number of nitrogens with zero attached hydrogens (tertiary/aromatic N) is 4. The van der Waals surface area contributed by atoms with Gasteiger partial charge in [-0.25, -0.2) is 9.67 Å². The Bertz CT molecular complexity index is 1050. The third-order valence-electron chi connectivity index (χ3n) is 4.72. The first-order valence-electron chi connectivity index (χ1n) is 9.64. The van der Waals surface area contributed by atoms with Crippen molar-refractivity contribution in [2.75, 3.05) is 6.54 Å². The number of carbonyl (C=O) groups is 1. The second-order valence-electron chi connectivity index (χ2n) is 6.80. The molecule has 0 atom stereocenters. The third kappa shape index (κ3) is 4.76. The number of para-hydroxylation sites is 1. The van der Waals surface area contributed by atoms with E-state index in [9.17, 15) is 4.79 Å². The molecule has 5 nitrogen and oxygen atoms in total. The highest BCUT2D eigenvalue weighted by atomic mass is 16.2. The van der Waals surface area contributed by atoms with Crippen molar-refractivity contribution in [2.24, 2.45) is 0 Å². The maximum absolute atomic E-state index is 13.2. The topological polar surface area (TPSA) is 51.0 Å². The van der Waals surface area contributed by atoms with Gasteiger partial charge in [0.2, 0.25) is 5.82 Å². The van der Waals surface area contributed by atoms with Gasteiger partial charge in [0.15, 0.2) is 0 Å². The van der Waals surface area contributed by atoms with Gasteiger partial charge in [-0.15, -0.1) is 5.10 Å². The lowest BCUT2D eigenvalue weighted by atomic mass is 10.1. The molecule has 1 heterocycles. The molecule has 0 unspecified atom stereocenters. The molecule has 4 rings (SSSR count). The van der Waals surface area contributed by atoms with Gasteiger partial charge in [0.25, 0.3) is 5.91 Å². The Morgan fingerprint density at radius 2 is 1.38 bits per heavy atom. The first-order valence-corrected chi connectivity index (χ1v) is 9.64. The van der Waals surface area contributed by atoms with Gasteiger partial charge >= 0.3 is 0 Å². The molecule has 0 aliphatic carbocycles. The van der Waals surface area contributed by atoms with Crippen LogP contribution in [0.3, 0.4) is 0 Å². The van der Waals surface area contributed by atoms with Gasteiger partial charge in [-0.1, -0.05) is 78.9 Å². The molecule has 3 aromatic carbocycles. The van der Waals surface area contributed by atoms with Gasteiger partial charge in [-0.3, -0.25) is 4.79 Å². The first-order chi connectivity index (χ1) is 14.3. The lowest BCUT2D eigenvalue weighted by Crippen LogP contribution is -2.33. The van der Waals surface area contributed by atoms with Crippen LogP contribution in [0.15, 0.2) is 97.3 Å². The van der Waals surface area contributed by atoms with E-state index in [0.717, 1.165) is 17.7 Å². The Balaban J connectivity index is 1.54. The van der Waals surface area contributed by atoms with Crippen molar-refractivity contribution in [3.05, 3.63) is 114 Å². The molecule has 0 aliphatic rings. The minimum atomic E-state index is -0.167. The summed E-state index contributed by atoms with van der Waals surface area (Å²) in [4.78, 5) is 19.3. The Morgan fingerprint density at radius 3 is 2.03 bits per heavy atom. The van der Waals surface area contributed by atoms with E-state index in [-0.39, 0.29) is 11.7 Å². The minimum Gasteiger partial charge on any atom is -0.331 e. The number of benzene rings is 3. The van der Waals surface area contributed by atoms with Crippen molar-refractivity contribution in [1.29, 1.82) is 0 Å². The number of hydrogen-bond acceptors (Lipinski definition) is 3. The van der Waals surface area contributed by atoms with Crippen LogP contribution in [0.25, 0.3) is 5.69 Å². The Hall–Kier alpha value is -3.73. The molecule has 0 spiro atoms. The summed E-state index contributed by atoms with van der Waals surface area (Å²) in [5, 5.41) is 4.41. The average Bonchev–Trinajstić information content (AvgIpc) is 3.28. The predicted octanol–water partition coefficient (Wildman–Crippen LogP) is 4.15. The van der Waals surface area contributed by atoms with Gasteiger partial charge in [0, 0.05) is 13.1 Å². The number of rotatable bonds is 7. The quantitative estimate of drug-likeness (QED) is 0.482. The number of amides is 1. The summed E-state index contributed by atoms with van der Waals surface area (Å²) < 4.78 is 1.63. The molecule has 1 amide bonds. The molecule has 0 N–H and O–H groups in total. The van der Waals surface area contributed by atoms with E-state index in [1.165, 1.54) is 5.56 Å². The van der Waals surface area contributed by atoms with Crippen LogP contribution in [0.4, 0.5) is 0 Å². The van der Waals surface area contributed by atoms with E-state index in [0.29, 0.717) is 13.1 Å². The van der Waals surface area contributed by atoms with E-state index >= 15 is 0 Å². The second-order valence-corrected chi connectivity index (χ2v) is 6.80. The summed E-state index contributed by atoms with van der Waals surface area (Å²) in [7, 11) is 0. The normalized spacial score (nSPS) is 10.6. The molecule has 0 saturated carbocycles. The molecular weight excluding hydrogens is 360 g/mol. The summed E-state index contributed by atoms with van der Waals surface area (Å²) in [6.07, 6.45) is 2.36. The molecular formula is C24H22N4O. The van der Waals surface area contributed by atoms with Crippen molar-refractivity contribution in [1.82, 2.24) is 19.7 Å². The van der Waals surface area contributed by atoms with Gasteiger partial charge in [0.1, 0.15) is 6.33 Å². The highest BCUT2D eigenvalue weighted by Gasteiger charge is 2.20. The monoisotopic (exact) mass is 382 g/mol. The minimum absolute atomic E-state index is 0.167. The van der Waals surface area contributed by atoms with Crippen molar-refractivity contribution in [2.45, 2.75) is 13.0 Å². The van der Waals surface area contributed by atoms with Crippen molar-refractivity contribution in [3.8, 4) is 5.69 Å². The Labute approximate surface area is 170 Å². The van der Waals surface area contributed by atoms with Crippen molar-refractivity contribution < 1.29 is 4.79 Å². The molecule has 0 bridgehead atoms. The van der Waals surface area contributed by atoms with Crippen molar-refractivity contribution in [3.63, 3.8) is 0 Å². The van der Waals surface area contributed by atoms with Crippen LogP contribution in [0.2, 0.25) is 0 Å². The zero-order chi connectivity index (χ0) is 19.9. The fourth-order valence-corrected chi connectivity index (χ4v) is 3.17. The molecule has 0 radical (unpaired) electrons. The van der Waals surface area contributed by atoms with E-state index in [2.05, 4.69) is 22.2 Å². The lowest BCUT2D eigenvalue weighted by Gasteiger charge is -2.21. The summed E-state index contributed by atoms with van der Waals surface area (Å²) in [6.45, 7) is 1.12. The van der Waals surface area contributed by atoms with Crippen LogP contribution in [0.5, 0.6) is 0 Å².